The summed E-state index contributed by atoms with van der Waals surface area (Å²) in [7, 11) is -0.552. The number of ether oxygens (including phenoxy) is 2. The number of piperazine rings is 1. The van der Waals surface area contributed by atoms with Crippen LogP contribution in [0.1, 0.15) is 76.7 Å². The quantitative estimate of drug-likeness (QED) is 0.169. The lowest BCUT2D eigenvalue weighted by atomic mass is 9.94. The van der Waals surface area contributed by atoms with Gasteiger partial charge < -0.3 is 40.1 Å². The number of benzene rings is 2. The maximum Gasteiger partial charge on any atom is 0.573 e. The number of nitrogens with zero attached hydrogens (tertiary/aromatic N) is 4. The molecule has 4 heterocycles. The first kappa shape index (κ1) is 49.9. The fourth-order valence-electron chi connectivity index (χ4n) is 8.76. The van der Waals surface area contributed by atoms with Crippen molar-refractivity contribution in [1.82, 2.24) is 25.4 Å². The van der Waals surface area contributed by atoms with Crippen LogP contribution in [0.3, 0.4) is 0 Å². The maximum absolute atomic E-state index is 14.0. The molecule has 18 heteroatoms. The number of carbonyl (C=O) groups excluding carboxylic acids is 4. The second-order valence-corrected chi connectivity index (χ2v) is 24.9. The number of methoxy groups -OCH3 is 1. The van der Waals surface area contributed by atoms with Gasteiger partial charge in [-0.05, 0) is 73.0 Å². The third-order valence-corrected chi connectivity index (χ3v) is 15.2. The van der Waals surface area contributed by atoms with Gasteiger partial charge in [-0.2, -0.15) is 0 Å². The van der Waals surface area contributed by atoms with Crippen LogP contribution in [0, 0.1) is 11.3 Å². The van der Waals surface area contributed by atoms with Crippen molar-refractivity contribution in [2.24, 2.45) is 11.3 Å². The normalized spacial score (nSPS) is 19.5. The Morgan fingerprint density at radius 3 is 2.30 bits per heavy atom. The van der Waals surface area contributed by atoms with Crippen molar-refractivity contribution in [3.63, 3.8) is 0 Å². The lowest BCUT2D eigenvalue weighted by Crippen LogP contribution is -2.56. The molecule has 0 radical (unpaired) electrons. The number of hydrogen-bond donors (Lipinski definition) is 3. The van der Waals surface area contributed by atoms with Gasteiger partial charge in [-0.1, -0.05) is 89.7 Å². The highest BCUT2D eigenvalue weighted by Gasteiger charge is 2.45. The van der Waals surface area contributed by atoms with Crippen LogP contribution in [0.5, 0.6) is 5.75 Å². The topological polar surface area (TPSA) is 145 Å². The lowest BCUT2D eigenvalue weighted by Gasteiger charge is -2.42. The van der Waals surface area contributed by atoms with Crippen molar-refractivity contribution in [1.29, 1.82) is 0 Å². The van der Waals surface area contributed by atoms with Crippen LogP contribution in [-0.2, 0) is 14.3 Å². The molecule has 3 aliphatic heterocycles. The first-order valence-corrected chi connectivity index (χ1v) is 26.1. The Labute approximate surface area is 391 Å². The number of halogens is 4. The maximum atomic E-state index is 14.0. The molecule has 2 fully saturated rings. The van der Waals surface area contributed by atoms with E-state index in [4.69, 9.17) is 16.3 Å². The predicted octanol–water partition coefficient (Wildman–Crippen LogP) is 9.47. The molecule has 3 aliphatic rings. The second-order valence-electron chi connectivity index (χ2n) is 19.4. The van der Waals surface area contributed by atoms with E-state index >= 15 is 0 Å². The minimum atomic E-state index is -5.04. The number of allylic oxidation sites excluding steroid dienone is 2. The SMILES string of the molecule is COC(=O)N[C@H](C(=O)N1C[Si](C)(C)C[C@H]1C1=CCCCC(c2ccc(-c3cc(Cl)c(NC(=O)c4ccc(N5CCN(C(=O)C(C)(C)C)C[C@H]5C)nc4)cc3OC(F)(F)F)cc2)=CN1)C(C)C. The number of hydrogen-bond acceptors (Lipinski definition) is 9. The smallest absolute Gasteiger partial charge is 0.453 e. The molecule has 2 aromatic carbocycles. The number of alkyl halides is 3. The van der Waals surface area contributed by atoms with E-state index < -0.39 is 43.6 Å². The molecule has 1 aromatic heterocycles. The van der Waals surface area contributed by atoms with Gasteiger partial charge in [0.05, 0.1) is 37.5 Å². The molecule has 0 spiro atoms. The Hall–Kier alpha value is -5.55. The minimum absolute atomic E-state index is 0.00394. The van der Waals surface area contributed by atoms with E-state index in [1.54, 1.807) is 24.3 Å². The molecule has 13 nitrogen and oxygen atoms in total. The van der Waals surface area contributed by atoms with Crippen LogP contribution in [0.25, 0.3) is 16.7 Å². The Morgan fingerprint density at radius 2 is 1.70 bits per heavy atom. The van der Waals surface area contributed by atoms with Crippen LogP contribution in [-0.4, -0.2) is 104 Å². The van der Waals surface area contributed by atoms with Crippen LogP contribution in [0.2, 0.25) is 24.2 Å². The van der Waals surface area contributed by atoms with Gasteiger partial charge >= 0.3 is 12.5 Å². The van der Waals surface area contributed by atoms with E-state index in [0.717, 1.165) is 48.2 Å². The first-order valence-electron chi connectivity index (χ1n) is 22.3. The summed E-state index contributed by atoms with van der Waals surface area (Å²) in [5.74, 6) is -0.787. The highest BCUT2D eigenvalue weighted by atomic mass is 35.5. The number of alkyl carbamates (subject to hydrolysis) is 1. The molecule has 3 N–H and O–H groups in total. The summed E-state index contributed by atoms with van der Waals surface area (Å²) in [6.07, 6.45) is 2.70. The van der Waals surface area contributed by atoms with Crippen LogP contribution in [0.15, 0.2) is 72.7 Å². The van der Waals surface area contributed by atoms with E-state index in [-0.39, 0.29) is 51.7 Å². The van der Waals surface area contributed by atoms with Crippen molar-refractivity contribution in [2.45, 2.75) is 104 Å². The van der Waals surface area contributed by atoms with Crippen molar-refractivity contribution >= 4 is 60.6 Å². The molecule has 0 unspecified atom stereocenters. The van der Waals surface area contributed by atoms with Crippen molar-refractivity contribution in [2.75, 3.05) is 43.1 Å². The Bertz CT molecular complexity index is 2350. The van der Waals surface area contributed by atoms with Gasteiger partial charge in [0.25, 0.3) is 5.91 Å². The fourth-order valence-corrected chi connectivity index (χ4v) is 11.9. The number of nitrogens with one attached hydrogen (secondary N) is 3. The highest BCUT2D eigenvalue weighted by molar-refractivity contribution is 6.78. The zero-order valence-corrected chi connectivity index (χ0v) is 40.8. The van der Waals surface area contributed by atoms with E-state index in [1.165, 1.54) is 19.4 Å². The molecule has 3 aromatic rings. The molecule has 2 saturated heterocycles. The summed E-state index contributed by atoms with van der Waals surface area (Å²) >= 11 is 6.65. The summed E-state index contributed by atoms with van der Waals surface area (Å²) in [6, 6.07) is 12.6. The standard InChI is InChI=1S/C48H61ClF3N7O6Si/c1-29(2)42(56-46(63)64-7)44(61)59-28-66(8,9)27-39(59)37-13-11-10-12-33(24-53-37)31-14-16-32(17-15-31)35-22-36(49)38(23-40(35)65-48(50,51)52)55-43(60)34-18-19-41(54-25-34)58-21-20-57(26-30(58)3)45(62)47(4,5)6/h13-19,22-25,29-30,39,42,53H,10-12,20-21,26-28H2,1-9H3,(H,55,60)(H,56,63)/t30-,39+,42+/m1/s1. The monoisotopic (exact) mass is 951 g/mol. The molecule has 6 rings (SSSR count). The first-order chi connectivity index (χ1) is 30.9. The molecule has 0 saturated carbocycles. The second kappa shape index (κ2) is 20.1. The zero-order chi connectivity index (χ0) is 48.3. The van der Waals surface area contributed by atoms with E-state index in [0.29, 0.717) is 37.2 Å². The third-order valence-electron chi connectivity index (χ3n) is 12.2. The molecule has 66 heavy (non-hydrogen) atoms. The Morgan fingerprint density at radius 1 is 1.00 bits per heavy atom. The van der Waals surface area contributed by atoms with E-state index in [9.17, 15) is 32.3 Å². The van der Waals surface area contributed by atoms with Gasteiger partial charge in [0.15, 0.2) is 0 Å². The molecular weight excluding hydrogens is 891 g/mol. The molecular formula is C48H61ClF3N7O6Si. The van der Waals surface area contributed by atoms with E-state index in [2.05, 4.69) is 49.7 Å². The molecule has 3 atom stereocenters. The van der Waals surface area contributed by atoms with Crippen molar-refractivity contribution < 1.29 is 41.8 Å². The van der Waals surface area contributed by atoms with Gasteiger partial charge in [0.2, 0.25) is 11.8 Å². The van der Waals surface area contributed by atoms with Gasteiger partial charge in [-0.15, -0.1) is 13.2 Å². The lowest BCUT2D eigenvalue weighted by molar-refractivity contribution is -0.274. The van der Waals surface area contributed by atoms with Crippen LogP contribution < -0.4 is 25.6 Å². The average molecular weight is 953 g/mol. The zero-order valence-electron chi connectivity index (χ0n) is 39.1. The summed E-state index contributed by atoms with van der Waals surface area (Å²) in [4.78, 5) is 62.7. The Kier molecular flexibility index (Phi) is 15.2. The summed E-state index contributed by atoms with van der Waals surface area (Å²) in [5.41, 5.74) is 2.80. The number of rotatable bonds is 10. The minimum Gasteiger partial charge on any atom is -0.453 e. The number of amides is 4. The Balaban J connectivity index is 1.17. The van der Waals surface area contributed by atoms with Gasteiger partial charge in [0.1, 0.15) is 17.6 Å². The van der Waals surface area contributed by atoms with Gasteiger partial charge in [-0.25, -0.2) is 9.78 Å². The summed E-state index contributed by atoms with van der Waals surface area (Å²) in [6.45, 7) is 17.6. The fraction of sp³-hybridized carbons (Fsp3) is 0.479. The third kappa shape index (κ3) is 12.1. The molecule has 0 bridgehead atoms. The van der Waals surface area contributed by atoms with Crippen molar-refractivity contribution in [3.8, 4) is 16.9 Å². The summed E-state index contributed by atoms with van der Waals surface area (Å²) < 4.78 is 50.9. The number of carbonyl (C=O) groups is 4. The molecule has 4 amide bonds. The number of anilines is 2. The average Bonchev–Trinajstić information content (AvgIpc) is 3.57. The largest absolute Gasteiger partial charge is 0.573 e. The van der Waals surface area contributed by atoms with Gasteiger partial charge in [-0.3, -0.25) is 14.4 Å². The number of pyridine rings is 1. The van der Waals surface area contributed by atoms with Gasteiger partial charge in [0, 0.05) is 67.0 Å². The van der Waals surface area contributed by atoms with Crippen molar-refractivity contribution in [3.05, 3.63) is 88.9 Å². The number of aromatic nitrogens is 1. The van der Waals surface area contributed by atoms with E-state index in [1.807, 2.05) is 69.7 Å². The summed E-state index contributed by atoms with van der Waals surface area (Å²) in [5, 5.41) is 8.84. The van der Waals surface area contributed by atoms with Crippen LogP contribution in [0.4, 0.5) is 29.5 Å². The predicted molar refractivity (Wildman–Crippen MR) is 254 cm³/mol. The molecule has 356 valence electrons. The molecule has 0 aliphatic carbocycles. The van der Waals surface area contributed by atoms with Crippen LogP contribution >= 0.6 is 11.6 Å². The highest BCUT2D eigenvalue weighted by Crippen LogP contribution is 2.41.